The maximum atomic E-state index is 11.6. The molecule has 8 nitrogen and oxygen atoms in total. The van der Waals surface area contributed by atoms with Crippen molar-refractivity contribution in [2.24, 2.45) is 11.1 Å². The zero-order valence-corrected chi connectivity index (χ0v) is 19.3. The molecular formula is C23H29NO7S. The number of carboxylic acid groups (broad SMARTS) is 1. The van der Waals surface area contributed by atoms with Crippen molar-refractivity contribution in [3.8, 4) is 11.5 Å². The number of carbonyl (C=O) groups is 1. The van der Waals surface area contributed by atoms with E-state index >= 15 is 0 Å². The second-order valence-corrected chi connectivity index (χ2v) is 8.91. The molecule has 2 rings (SSSR count). The van der Waals surface area contributed by atoms with Gasteiger partial charge in [-0.25, -0.2) is 0 Å². The minimum Gasteiger partial charge on any atom is -0.493 e. The van der Waals surface area contributed by atoms with Gasteiger partial charge in [0, 0.05) is 6.42 Å². The average molecular weight is 464 g/mol. The summed E-state index contributed by atoms with van der Waals surface area (Å²) < 4.78 is 32.8. The van der Waals surface area contributed by atoms with E-state index in [4.69, 9.17) is 13.8 Å². The molecule has 1 atom stereocenters. The van der Waals surface area contributed by atoms with E-state index < -0.39 is 22.0 Å². The van der Waals surface area contributed by atoms with E-state index in [2.05, 4.69) is 5.16 Å². The van der Waals surface area contributed by atoms with Crippen LogP contribution in [0, 0.1) is 5.92 Å². The molecule has 0 aromatic heterocycles. The zero-order chi connectivity index (χ0) is 23.6. The lowest BCUT2D eigenvalue weighted by molar-refractivity contribution is -0.139. The number of nitrogens with zero attached hydrogens (tertiary/aromatic N) is 1. The Labute approximate surface area is 188 Å². The van der Waals surface area contributed by atoms with Crippen LogP contribution in [0.1, 0.15) is 31.4 Å². The third-order valence-corrected chi connectivity index (χ3v) is 5.00. The first kappa shape index (κ1) is 25.2. The lowest BCUT2D eigenvalue weighted by Crippen LogP contribution is -2.24. The average Bonchev–Trinajstić information content (AvgIpc) is 2.73. The first-order valence-corrected chi connectivity index (χ1v) is 12.1. The van der Waals surface area contributed by atoms with Gasteiger partial charge in [0.25, 0.3) is 0 Å². The molecule has 32 heavy (non-hydrogen) atoms. The van der Waals surface area contributed by atoms with E-state index in [0.717, 1.165) is 23.8 Å². The van der Waals surface area contributed by atoms with Crippen LogP contribution in [0.4, 0.5) is 0 Å². The van der Waals surface area contributed by atoms with Crippen LogP contribution in [-0.2, 0) is 32.6 Å². The number of aliphatic carboxylic acids is 1. The third kappa shape index (κ3) is 8.97. The minimum absolute atomic E-state index is 0.268. The molecule has 0 radical (unpaired) electrons. The molecule has 0 heterocycles. The highest BCUT2D eigenvalue weighted by Gasteiger charge is 2.22. The quantitative estimate of drug-likeness (QED) is 0.209. The molecule has 174 valence electrons. The van der Waals surface area contributed by atoms with Gasteiger partial charge in [0.15, 0.2) is 0 Å². The first-order valence-electron chi connectivity index (χ1n) is 10.3. The number of carboxylic acids is 1. The van der Waals surface area contributed by atoms with E-state index in [1.165, 1.54) is 0 Å². The largest absolute Gasteiger partial charge is 0.493 e. The lowest BCUT2D eigenvalue weighted by Gasteiger charge is -2.13. The molecule has 0 spiro atoms. The molecular weight excluding hydrogens is 434 g/mol. The van der Waals surface area contributed by atoms with Crippen molar-refractivity contribution in [1.29, 1.82) is 0 Å². The Morgan fingerprint density at radius 3 is 2.16 bits per heavy atom. The summed E-state index contributed by atoms with van der Waals surface area (Å²) in [6.45, 7) is 4.50. The summed E-state index contributed by atoms with van der Waals surface area (Å²) in [7, 11) is -3.54. The van der Waals surface area contributed by atoms with Gasteiger partial charge in [0.05, 0.1) is 18.6 Å². The Morgan fingerprint density at radius 2 is 1.59 bits per heavy atom. The molecule has 1 unspecified atom stereocenters. The SMILES string of the molecule is CCCO/N=C(\C)C(Cc1ccc(OCCc2ccc(OS(C)(=O)=O)cc2)cc1)C(=O)O. The smallest absolute Gasteiger partial charge is 0.312 e. The highest BCUT2D eigenvalue weighted by atomic mass is 32.2. The van der Waals surface area contributed by atoms with Gasteiger partial charge in [0.2, 0.25) is 0 Å². The summed E-state index contributed by atoms with van der Waals surface area (Å²) in [5, 5.41) is 13.4. The maximum absolute atomic E-state index is 11.6. The maximum Gasteiger partial charge on any atom is 0.312 e. The number of benzene rings is 2. The van der Waals surface area contributed by atoms with Crippen LogP contribution in [0.5, 0.6) is 11.5 Å². The van der Waals surface area contributed by atoms with Crippen LogP contribution in [-0.4, -0.2) is 44.7 Å². The van der Waals surface area contributed by atoms with Gasteiger partial charge in [-0.2, -0.15) is 8.42 Å². The highest BCUT2D eigenvalue weighted by molar-refractivity contribution is 7.86. The van der Waals surface area contributed by atoms with Crippen LogP contribution >= 0.6 is 0 Å². The fourth-order valence-corrected chi connectivity index (χ4v) is 3.31. The monoisotopic (exact) mass is 463 g/mol. The third-order valence-electron chi connectivity index (χ3n) is 4.50. The number of hydrogen-bond donors (Lipinski definition) is 1. The van der Waals surface area contributed by atoms with E-state index in [0.29, 0.717) is 37.5 Å². The fraction of sp³-hybridized carbons (Fsp3) is 0.391. The minimum atomic E-state index is -3.54. The van der Waals surface area contributed by atoms with Crippen molar-refractivity contribution < 1.29 is 32.1 Å². The molecule has 0 aliphatic heterocycles. The summed E-state index contributed by atoms with van der Waals surface area (Å²) in [4.78, 5) is 16.7. The molecule has 0 amide bonds. The molecule has 0 saturated heterocycles. The van der Waals surface area contributed by atoms with Crippen LogP contribution in [0.2, 0.25) is 0 Å². The van der Waals surface area contributed by atoms with Gasteiger partial charge >= 0.3 is 16.1 Å². The summed E-state index contributed by atoms with van der Waals surface area (Å²) >= 11 is 0. The standard InChI is InChI=1S/C23H29NO7S/c1-4-14-30-24-17(2)22(23(25)26)16-19-7-9-20(10-8-19)29-15-13-18-5-11-21(12-6-18)31-32(3,27)28/h5-12,22H,4,13-16H2,1-3H3,(H,25,26)/b24-17+. The second-order valence-electron chi connectivity index (χ2n) is 7.33. The van der Waals surface area contributed by atoms with Crippen molar-refractivity contribution in [3.63, 3.8) is 0 Å². The summed E-state index contributed by atoms with van der Waals surface area (Å²) in [6, 6.07) is 14.0. The lowest BCUT2D eigenvalue weighted by atomic mass is 9.95. The number of ether oxygens (including phenoxy) is 1. The van der Waals surface area contributed by atoms with Crippen molar-refractivity contribution in [1.82, 2.24) is 0 Å². The van der Waals surface area contributed by atoms with Crippen molar-refractivity contribution in [2.75, 3.05) is 19.5 Å². The fourth-order valence-electron chi connectivity index (χ4n) is 2.85. The topological polar surface area (TPSA) is 111 Å². The van der Waals surface area contributed by atoms with Crippen molar-refractivity contribution in [3.05, 3.63) is 59.7 Å². The van der Waals surface area contributed by atoms with E-state index in [-0.39, 0.29) is 5.75 Å². The highest BCUT2D eigenvalue weighted by Crippen LogP contribution is 2.18. The number of hydrogen-bond acceptors (Lipinski definition) is 7. The molecule has 0 bridgehead atoms. The molecule has 2 aromatic rings. The van der Waals surface area contributed by atoms with Gasteiger partial charge in [0.1, 0.15) is 24.0 Å². The normalized spacial score (nSPS) is 12.8. The Morgan fingerprint density at radius 1 is 1.00 bits per heavy atom. The predicted molar refractivity (Wildman–Crippen MR) is 122 cm³/mol. The van der Waals surface area contributed by atoms with Crippen LogP contribution in [0.3, 0.4) is 0 Å². The van der Waals surface area contributed by atoms with E-state index in [1.807, 2.05) is 19.1 Å². The molecule has 2 aromatic carbocycles. The molecule has 0 saturated carbocycles. The van der Waals surface area contributed by atoms with Crippen LogP contribution < -0.4 is 8.92 Å². The molecule has 0 fully saturated rings. The zero-order valence-electron chi connectivity index (χ0n) is 18.5. The summed E-state index contributed by atoms with van der Waals surface area (Å²) in [6.07, 6.45) is 2.75. The van der Waals surface area contributed by atoms with Crippen LogP contribution in [0.15, 0.2) is 53.7 Å². The molecule has 0 aliphatic rings. The number of oxime groups is 1. The Hall–Kier alpha value is -3.07. The molecule has 1 N–H and O–H groups in total. The van der Waals surface area contributed by atoms with Gasteiger partial charge in [-0.3, -0.25) is 4.79 Å². The first-order chi connectivity index (χ1) is 15.2. The van der Waals surface area contributed by atoms with Gasteiger partial charge in [-0.1, -0.05) is 36.3 Å². The van der Waals surface area contributed by atoms with Gasteiger partial charge < -0.3 is 18.9 Å². The van der Waals surface area contributed by atoms with E-state index in [1.54, 1.807) is 43.3 Å². The van der Waals surface area contributed by atoms with Gasteiger partial charge in [-0.05, 0) is 55.2 Å². The second kappa shape index (κ2) is 12.1. The van der Waals surface area contributed by atoms with Gasteiger partial charge in [-0.15, -0.1) is 0 Å². The Balaban J connectivity index is 1.87. The summed E-state index contributed by atoms with van der Waals surface area (Å²) in [5.41, 5.74) is 2.27. The molecule has 9 heteroatoms. The Bertz CT molecular complexity index is 1000. The summed E-state index contributed by atoms with van der Waals surface area (Å²) in [5.74, 6) is -0.758. The predicted octanol–water partition coefficient (Wildman–Crippen LogP) is 3.69. The van der Waals surface area contributed by atoms with Crippen LogP contribution in [0.25, 0.3) is 0 Å². The van der Waals surface area contributed by atoms with Crippen molar-refractivity contribution in [2.45, 2.75) is 33.1 Å². The van der Waals surface area contributed by atoms with Crippen molar-refractivity contribution >= 4 is 21.8 Å². The van der Waals surface area contributed by atoms with E-state index in [9.17, 15) is 18.3 Å². The number of rotatable bonds is 13. The molecule has 0 aliphatic carbocycles. The Kier molecular flexibility index (Phi) is 9.52.